The minimum Gasteiger partial charge on any atom is -0.463 e. The van der Waals surface area contributed by atoms with Gasteiger partial charge in [-0.05, 0) is 6.92 Å². The van der Waals surface area contributed by atoms with Crippen molar-refractivity contribution in [3.05, 3.63) is 12.2 Å². The summed E-state index contributed by atoms with van der Waals surface area (Å²) in [6.07, 6.45) is 0.977. The predicted molar refractivity (Wildman–Crippen MR) is 50.4 cm³/mol. The van der Waals surface area contributed by atoms with Crippen molar-refractivity contribution in [1.29, 1.82) is 0 Å². The van der Waals surface area contributed by atoms with Gasteiger partial charge in [0.2, 0.25) is 6.26 Å². The maximum absolute atomic E-state index is 10.1. The van der Waals surface area contributed by atoms with Crippen molar-refractivity contribution in [2.75, 3.05) is 18.5 Å². The quantitative estimate of drug-likeness (QED) is 0.436. The second kappa shape index (κ2) is 8.29. The lowest BCUT2D eigenvalue weighted by molar-refractivity contribution is 0.0401. The molecule has 0 saturated heterocycles. The Hall–Kier alpha value is -0.320. The highest BCUT2D eigenvalue weighted by atomic mass is 79.9. The topological polar surface area (TPSA) is 65.0 Å². The molecule has 0 aromatic rings. The lowest BCUT2D eigenvalue weighted by Crippen LogP contribution is -2.00. The van der Waals surface area contributed by atoms with Crippen LogP contribution in [0.3, 0.4) is 0 Å². The van der Waals surface area contributed by atoms with Crippen molar-refractivity contribution in [3.63, 3.8) is 0 Å². The number of hydrogen-bond acceptors (Lipinski definition) is 4. The van der Waals surface area contributed by atoms with Crippen molar-refractivity contribution >= 4 is 24.2 Å². The Bertz CT molecular complexity index is 184. The zero-order valence-electron chi connectivity index (χ0n) is 7.10. The molecule has 13 heavy (non-hydrogen) atoms. The highest BCUT2D eigenvalue weighted by molar-refractivity contribution is 9.09. The Balaban J connectivity index is 3.90. The van der Waals surface area contributed by atoms with Gasteiger partial charge in [0.25, 0.3) is 0 Å². The van der Waals surface area contributed by atoms with Crippen molar-refractivity contribution in [2.24, 2.45) is 0 Å². The van der Waals surface area contributed by atoms with Gasteiger partial charge in [-0.15, -0.1) is 4.89 Å². The molecule has 0 aliphatic rings. The maximum Gasteiger partial charge on any atom is 0.747 e. The van der Waals surface area contributed by atoms with Gasteiger partial charge in [0.05, 0.1) is 6.61 Å². The van der Waals surface area contributed by atoms with Crippen LogP contribution in [0.5, 0.6) is 0 Å². The van der Waals surface area contributed by atoms with Gasteiger partial charge in [-0.1, -0.05) is 15.9 Å². The fourth-order valence-corrected chi connectivity index (χ4v) is 0.817. The molecule has 0 saturated carbocycles. The molecule has 0 amide bonds. The first-order valence-electron chi connectivity index (χ1n) is 3.55. The van der Waals surface area contributed by atoms with Crippen LogP contribution in [0, 0.1) is 0 Å². The van der Waals surface area contributed by atoms with Crippen molar-refractivity contribution < 1.29 is 23.5 Å². The van der Waals surface area contributed by atoms with Gasteiger partial charge in [-0.25, -0.2) is 4.52 Å². The summed E-state index contributed by atoms with van der Waals surface area (Å²) in [5.74, 6) is 0.0966. The fraction of sp³-hybridized carbons (Fsp3) is 0.667. The Kier molecular flexibility index (Phi) is 8.08. The van der Waals surface area contributed by atoms with E-state index in [2.05, 4.69) is 20.5 Å². The first-order valence-corrected chi connectivity index (χ1v) is 5.80. The molecule has 0 aromatic heterocycles. The van der Waals surface area contributed by atoms with Crippen molar-refractivity contribution in [3.8, 4) is 0 Å². The third-order valence-corrected chi connectivity index (χ3v) is 1.46. The summed E-state index contributed by atoms with van der Waals surface area (Å²) in [7, 11) is -2.66. The van der Waals surface area contributed by atoms with Crippen LogP contribution >= 0.6 is 24.2 Å². The van der Waals surface area contributed by atoms with E-state index in [-0.39, 0.29) is 5.95 Å². The van der Waals surface area contributed by atoms with E-state index in [9.17, 15) is 4.57 Å². The molecule has 5 nitrogen and oxygen atoms in total. The second-order valence-corrected chi connectivity index (χ2v) is 3.23. The molecule has 0 rings (SSSR count). The first-order chi connectivity index (χ1) is 6.20. The molecule has 0 aliphatic heterocycles. The minimum absolute atomic E-state index is 0.0966. The smallest absolute Gasteiger partial charge is 0.463 e. The predicted octanol–water partition coefficient (Wildman–Crippen LogP) is 1.90. The third kappa shape index (κ3) is 8.02. The van der Waals surface area contributed by atoms with Crippen LogP contribution in [-0.4, -0.2) is 23.4 Å². The summed E-state index contributed by atoms with van der Waals surface area (Å²) in [6.45, 7) is 2.57. The third-order valence-electron chi connectivity index (χ3n) is 0.847. The molecule has 0 radical (unpaired) electrons. The first kappa shape index (κ1) is 12.7. The molecule has 0 aromatic carbocycles. The molecule has 7 heteroatoms. The lowest BCUT2D eigenvalue weighted by atomic mass is 10.8. The molecular weight excluding hydrogens is 263 g/mol. The van der Waals surface area contributed by atoms with E-state index in [1.54, 1.807) is 6.92 Å². The van der Waals surface area contributed by atoms with Crippen LogP contribution in [-0.2, 0) is 18.6 Å². The fourth-order valence-electron chi connectivity index (χ4n) is 0.479. The summed E-state index contributed by atoms with van der Waals surface area (Å²) in [6, 6.07) is 0. The Labute approximate surface area is 85.8 Å². The summed E-state index contributed by atoms with van der Waals surface area (Å²) >= 11 is 3.15. The normalized spacial score (nSPS) is 12.2. The minimum atomic E-state index is -2.66. The zero-order chi connectivity index (χ0) is 10.1. The van der Waals surface area contributed by atoms with Crippen molar-refractivity contribution in [2.45, 2.75) is 6.92 Å². The Morgan fingerprint density at radius 3 is 2.77 bits per heavy atom. The van der Waals surface area contributed by atoms with Gasteiger partial charge in [0.15, 0.2) is 0 Å². The monoisotopic (exact) mass is 273 g/mol. The SMILES string of the molecule is CCOC(=CO[P+](=O)O)OCCBr. The van der Waals surface area contributed by atoms with E-state index in [0.29, 0.717) is 18.5 Å². The van der Waals surface area contributed by atoms with Gasteiger partial charge in [-0.3, -0.25) is 0 Å². The zero-order valence-corrected chi connectivity index (χ0v) is 9.58. The summed E-state index contributed by atoms with van der Waals surface area (Å²) in [5.41, 5.74) is 0. The van der Waals surface area contributed by atoms with E-state index >= 15 is 0 Å². The average Bonchev–Trinajstić information content (AvgIpc) is 2.09. The molecule has 0 spiro atoms. The van der Waals surface area contributed by atoms with Crippen LogP contribution in [0.25, 0.3) is 0 Å². The van der Waals surface area contributed by atoms with Gasteiger partial charge in [0, 0.05) is 9.90 Å². The Morgan fingerprint density at radius 1 is 1.62 bits per heavy atom. The van der Waals surface area contributed by atoms with Gasteiger partial charge < -0.3 is 9.47 Å². The Morgan fingerprint density at radius 2 is 2.31 bits per heavy atom. The molecule has 1 unspecified atom stereocenters. The number of rotatable bonds is 7. The van der Waals surface area contributed by atoms with Crippen LogP contribution in [0.1, 0.15) is 6.92 Å². The van der Waals surface area contributed by atoms with E-state index in [1.807, 2.05) is 0 Å². The molecule has 1 atom stereocenters. The average molecular weight is 274 g/mol. The summed E-state index contributed by atoms with van der Waals surface area (Å²) < 4.78 is 24.4. The van der Waals surface area contributed by atoms with Crippen LogP contribution < -0.4 is 0 Å². The van der Waals surface area contributed by atoms with Gasteiger partial charge in [0.1, 0.15) is 6.61 Å². The summed E-state index contributed by atoms with van der Waals surface area (Å²) in [5, 5.41) is 0.642. The van der Waals surface area contributed by atoms with Crippen LogP contribution in [0.2, 0.25) is 0 Å². The van der Waals surface area contributed by atoms with Gasteiger partial charge in [-0.2, -0.15) is 0 Å². The highest BCUT2D eigenvalue weighted by Crippen LogP contribution is 2.16. The standard InChI is InChI=1S/C6H10BrO5P/c1-2-10-6(11-4-3-7)5-12-13(8)9/h5H,2-4H2,1H3/p+1. The maximum atomic E-state index is 10.1. The molecule has 0 aliphatic carbocycles. The highest BCUT2D eigenvalue weighted by Gasteiger charge is 2.11. The van der Waals surface area contributed by atoms with Crippen LogP contribution in [0.15, 0.2) is 12.2 Å². The van der Waals surface area contributed by atoms with E-state index < -0.39 is 8.25 Å². The van der Waals surface area contributed by atoms with Gasteiger partial charge >= 0.3 is 14.2 Å². The van der Waals surface area contributed by atoms with E-state index in [0.717, 1.165) is 6.26 Å². The molecule has 0 fully saturated rings. The summed E-state index contributed by atoms with van der Waals surface area (Å²) in [4.78, 5) is 8.32. The number of alkyl halides is 1. The molecule has 0 bridgehead atoms. The molecule has 76 valence electrons. The van der Waals surface area contributed by atoms with Crippen molar-refractivity contribution in [1.82, 2.24) is 0 Å². The second-order valence-electron chi connectivity index (χ2n) is 1.75. The van der Waals surface area contributed by atoms with Crippen LogP contribution in [0.4, 0.5) is 0 Å². The van der Waals surface area contributed by atoms with E-state index in [1.165, 1.54) is 0 Å². The largest absolute Gasteiger partial charge is 0.747 e. The number of halogens is 1. The molecule has 1 N–H and O–H groups in total. The number of hydrogen-bond donors (Lipinski definition) is 1. The number of ether oxygens (including phenoxy) is 2. The lowest BCUT2D eigenvalue weighted by Gasteiger charge is -2.06. The molecule has 0 heterocycles. The molecular formula is C6H11BrO5P+. The van der Waals surface area contributed by atoms with E-state index in [4.69, 9.17) is 14.4 Å².